The van der Waals surface area contributed by atoms with Crippen LogP contribution in [0.3, 0.4) is 0 Å². The number of halogens is 3. The van der Waals surface area contributed by atoms with Crippen molar-refractivity contribution < 1.29 is 19.4 Å². The molecule has 0 bridgehead atoms. The number of amides is 1. The zero-order valence-corrected chi connectivity index (χ0v) is 15.8. The molecule has 0 radical (unpaired) electrons. The second-order valence-corrected chi connectivity index (χ2v) is 6.37. The Hall–Kier alpha value is -3.33. The number of nitrogens with zero attached hydrogens (tertiary/aromatic N) is 4. The summed E-state index contributed by atoms with van der Waals surface area (Å²) in [5.74, 6) is -2.77. The second kappa shape index (κ2) is 8.57. The number of pyridine rings is 1. The van der Waals surface area contributed by atoms with Crippen LogP contribution in [-0.4, -0.2) is 33.1 Å². The number of benzene rings is 1. The number of aromatic hydroxyl groups is 1. The zero-order valence-electron chi connectivity index (χ0n) is 14.2. The molecule has 0 atom stereocenters. The maximum atomic E-state index is 13.9. The first kappa shape index (κ1) is 21.0. The molecule has 0 unspecified atom stereocenters. The minimum absolute atomic E-state index is 0.00917. The van der Waals surface area contributed by atoms with Crippen LogP contribution in [0.4, 0.5) is 4.39 Å². The summed E-state index contributed by atoms with van der Waals surface area (Å²) in [6.07, 6.45) is 0.852. The van der Waals surface area contributed by atoms with Crippen LogP contribution < -0.4 is 0 Å². The van der Waals surface area contributed by atoms with Crippen LogP contribution in [0, 0.1) is 28.5 Å². The Morgan fingerprint density at radius 1 is 1.29 bits per heavy atom. The van der Waals surface area contributed by atoms with Gasteiger partial charge in [-0.05, 0) is 18.2 Å². The van der Waals surface area contributed by atoms with E-state index in [1.165, 1.54) is 13.1 Å². The maximum Gasteiger partial charge on any atom is 0.268 e. The first-order chi connectivity index (χ1) is 13.2. The molecule has 10 heteroatoms. The van der Waals surface area contributed by atoms with Crippen molar-refractivity contribution in [2.75, 3.05) is 7.05 Å². The summed E-state index contributed by atoms with van der Waals surface area (Å²) in [4.78, 5) is 17.1. The predicted octanol–water partition coefficient (Wildman–Crippen LogP) is 3.56. The molecule has 0 fully saturated rings. The second-order valence-electron chi connectivity index (χ2n) is 5.56. The molecule has 1 amide bonds. The monoisotopic (exact) mass is 420 g/mol. The van der Waals surface area contributed by atoms with Gasteiger partial charge in [0.05, 0.1) is 16.2 Å². The van der Waals surface area contributed by atoms with E-state index in [-0.39, 0.29) is 33.4 Å². The average molecular weight is 421 g/mol. The fourth-order valence-electron chi connectivity index (χ4n) is 2.23. The molecule has 0 saturated heterocycles. The van der Waals surface area contributed by atoms with Crippen molar-refractivity contribution in [3.8, 4) is 17.9 Å². The van der Waals surface area contributed by atoms with Gasteiger partial charge in [-0.15, -0.1) is 0 Å². The third-order valence-electron chi connectivity index (χ3n) is 3.66. The highest BCUT2D eigenvalue weighted by Crippen LogP contribution is 2.35. The Morgan fingerprint density at radius 3 is 2.43 bits per heavy atom. The number of likely N-dealkylation sites (N-methyl/N-ethyl adjacent to an activating group) is 1. The molecule has 1 aromatic heterocycles. The highest BCUT2D eigenvalue weighted by molar-refractivity contribution is 6.37. The highest BCUT2D eigenvalue weighted by Gasteiger charge is 2.22. The van der Waals surface area contributed by atoms with Crippen molar-refractivity contribution in [3.63, 3.8) is 0 Å². The van der Waals surface area contributed by atoms with E-state index in [4.69, 9.17) is 28.5 Å². The highest BCUT2D eigenvalue weighted by atomic mass is 35.5. The summed E-state index contributed by atoms with van der Waals surface area (Å²) in [7, 11) is 1.29. The molecule has 0 spiro atoms. The third-order valence-corrected chi connectivity index (χ3v) is 4.23. The lowest BCUT2D eigenvalue weighted by Gasteiger charge is -2.18. The van der Waals surface area contributed by atoms with Crippen LogP contribution in [0.2, 0.25) is 10.0 Å². The van der Waals surface area contributed by atoms with Crippen LogP contribution in [0.25, 0.3) is 5.76 Å². The smallest absolute Gasteiger partial charge is 0.268 e. The van der Waals surface area contributed by atoms with Crippen LogP contribution in [-0.2, 0) is 11.3 Å². The maximum absolute atomic E-state index is 13.9. The van der Waals surface area contributed by atoms with E-state index < -0.39 is 28.8 Å². The first-order valence-electron chi connectivity index (χ1n) is 7.51. The molecule has 0 aliphatic carbocycles. The largest absolute Gasteiger partial charge is 0.506 e. The Bertz CT molecular complexity index is 1050. The summed E-state index contributed by atoms with van der Waals surface area (Å²) in [6.45, 7) is -0.280. The number of phenols is 1. The molecule has 142 valence electrons. The van der Waals surface area contributed by atoms with Crippen molar-refractivity contribution in [1.29, 1.82) is 10.5 Å². The number of phenolic OH excluding ortho intramolecular Hbond substituents is 1. The van der Waals surface area contributed by atoms with Gasteiger partial charge in [-0.3, -0.25) is 4.79 Å². The van der Waals surface area contributed by atoms with Crippen molar-refractivity contribution in [2.24, 2.45) is 0 Å². The van der Waals surface area contributed by atoms with Gasteiger partial charge in [0, 0.05) is 24.7 Å². The van der Waals surface area contributed by atoms with Crippen molar-refractivity contribution >= 4 is 34.9 Å². The van der Waals surface area contributed by atoms with Crippen molar-refractivity contribution in [2.45, 2.75) is 6.54 Å². The summed E-state index contributed by atoms with van der Waals surface area (Å²) >= 11 is 11.6. The quantitative estimate of drug-likeness (QED) is 0.442. The Morgan fingerprint density at radius 2 is 1.89 bits per heavy atom. The molecule has 2 rings (SSSR count). The van der Waals surface area contributed by atoms with Gasteiger partial charge in [0.15, 0.2) is 11.3 Å². The van der Waals surface area contributed by atoms with Gasteiger partial charge in [0.2, 0.25) is 0 Å². The number of carbonyl (C=O) groups excluding carboxylic acids is 1. The van der Waals surface area contributed by atoms with E-state index in [9.17, 15) is 24.7 Å². The molecule has 28 heavy (non-hydrogen) atoms. The van der Waals surface area contributed by atoms with E-state index >= 15 is 0 Å². The van der Waals surface area contributed by atoms with E-state index in [1.54, 1.807) is 12.1 Å². The van der Waals surface area contributed by atoms with E-state index in [0.29, 0.717) is 0 Å². The van der Waals surface area contributed by atoms with Crippen LogP contribution in [0.15, 0.2) is 30.0 Å². The number of aliphatic hydroxyl groups is 1. The van der Waals surface area contributed by atoms with Gasteiger partial charge in [-0.25, -0.2) is 9.37 Å². The van der Waals surface area contributed by atoms with E-state index in [2.05, 4.69) is 4.98 Å². The lowest BCUT2D eigenvalue weighted by Crippen LogP contribution is -2.28. The number of rotatable bonds is 4. The number of aliphatic hydroxyl groups excluding tert-OH is 1. The number of nitriles is 2. The molecule has 0 aliphatic rings. The Labute approximate surface area is 169 Å². The minimum Gasteiger partial charge on any atom is -0.506 e. The number of carbonyl (C=O) groups is 1. The van der Waals surface area contributed by atoms with Crippen LogP contribution in [0.1, 0.15) is 16.8 Å². The van der Waals surface area contributed by atoms with Gasteiger partial charge in [-0.2, -0.15) is 10.5 Å². The fraction of sp³-hybridized carbons (Fsp3) is 0.111. The Balaban J connectivity index is 2.38. The van der Waals surface area contributed by atoms with E-state index in [0.717, 1.165) is 23.2 Å². The van der Waals surface area contributed by atoms with Gasteiger partial charge in [-0.1, -0.05) is 23.2 Å². The standard InChI is InChI=1S/C18H11Cl2FN4O3/c1-25(8-10-2-11(5-22)24-7-15(10)21)18(28)12(6-23)16(26)9-3-13(19)17(27)14(20)4-9/h2-4,7,26-27H,8H2,1H3/b16-12-. The molecule has 1 aromatic carbocycles. The minimum atomic E-state index is -0.907. The first-order valence-corrected chi connectivity index (χ1v) is 8.26. The summed E-state index contributed by atoms with van der Waals surface area (Å²) in [5, 5.41) is 37.7. The number of hydrogen-bond donors (Lipinski definition) is 2. The third kappa shape index (κ3) is 4.32. The predicted molar refractivity (Wildman–Crippen MR) is 98.7 cm³/mol. The lowest BCUT2D eigenvalue weighted by molar-refractivity contribution is -0.126. The van der Waals surface area contributed by atoms with Gasteiger partial charge in [0.25, 0.3) is 5.91 Å². The molecule has 1 heterocycles. The summed E-state index contributed by atoms with van der Waals surface area (Å²) in [5.41, 5.74) is -0.734. The molecule has 7 nitrogen and oxygen atoms in total. The lowest BCUT2D eigenvalue weighted by atomic mass is 10.1. The van der Waals surface area contributed by atoms with Gasteiger partial charge in [0.1, 0.15) is 29.4 Å². The van der Waals surface area contributed by atoms with Crippen molar-refractivity contribution in [1.82, 2.24) is 9.88 Å². The van der Waals surface area contributed by atoms with Crippen molar-refractivity contribution in [3.05, 3.63) is 62.7 Å². The zero-order chi connectivity index (χ0) is 21.0. The summed E-state index contributed by atoms with van der Waals surface area (Å²) < 4.78 is 13.9. The van der Waals surface area contributed by atoms with Gasteiger partial charge >= 0.3 is 0 Å². The normalized spacial score (nSPS) is 11.2. The molecule has 0 saturated carbocycles. The van der Waals surface area contributed by atoms with Gasteiger partial charge < -0.3 is 15.1 Å². The number of hydrogen-bond acceptors (Lipinski definition) is 6. The molecular weight excluding hydrogens is 410 g/mol. The van der Waals surface area contributed by atoms with Crippen LogP contribution in [0.5, 0.6) is 5.75 Å². The molecular formula is C18H11Cl2FN4O3. The van der Waals surface area contributed by atoms with E-state index in [1.807, 2.05) is 0 Å². The molecule has 2 aromatic rings. The number of aromatic nitrogens is 1. The fourth-order valence-corrected chi connectivity index (χ4v) is 2.72. The molecule has 0 aliphatic heterocycles. The SMILES string of the molecule is CN(Cc1cc(C#N)ncc1F)C(=O)/C(C#N)=C(\O)c1cc(Cl)c(O)c(Cl)c1. The topological polar surface area (TPSA) is 121 Å². The molecule has 2 N–H and O–H groups in total. The Kier molecular flexibility index (Phi) is 6.42. The summed E-state index contributed by atoms with van der Waals surface area (Å²) in [6, 6.07) is 6.78. The van der Waals surface area contributed by atoms with Crippen LogP contribution >= 0.6 is 23.2 Å². The average Bonchev–Trinajstić information content (AvgIpc) is 2.67.